The summed E-state index contributed by atoms with van der Waals surface area (Å²) < 4.78 is 6.73. The molecule has 1 N–H and O–H groups in total. The van der Waals surface area contributed by atoms with E-state index in [1.54, 1.807) is 16.8 Å². The number of likely N-dealkylation sites (tertiary alicyclic amines) is 1. The Morgan fingerprint density at radius 3 is 2.52 bits per heavy atom. The predicted octanol–water partition coefficient (Wildman–Crippen LogP) is 1.35. The third-order valence-electron chi connectivity index (χ3n) is 7.84. The van der Waals surface area contributed by atoms with Crippen molar-refractivity contribution in [3.8, 4) is 0 Å². The number of ether oxygens (including phenoxy) is 1. The van der Waals surface area contributed by atoms with Gasteiger partial charge in [0.2, 0.25) is 17.7 Å². The number of hydrogen-bond donors (Lipinski definition) is 1. The molecule has 8 heteroatoms. The Bertz CT molecular complexity index is 872. The second-order valence-electron chi connectivity index (χ2n) is 10.1. The van der Waals surface area contributed by atoms with Gasteiger partial charge in [-0.05, 0) is 33.1 Å². The number of aliphatic hydroxyl groups excluding tert-OH is 1. The second-order valence-corrected chi connectivity index (χ2v) is 10.1. The van der Waals surface area contributed by atoms with Crippen molar-refractivity contribution in [2.24, 2.45) is 11.8 Å². The van der Waals surface area contributed by atoms with Crippen LogP contribution in [0.5, 0.6) is 0 Å². The van der Waals surface area contributed by atoms with Gasteiger partial charge >= 0.3 is 0 Å². The molecular weight excluding hydrogens is 422 g/mol. The van der Waals surface area contributed by atoms with Gasteiger partial charge in [-0.25, -0.2) is 0 Å². The monoisotopic (exact) mass is 459 g/mol. The molecule has 0 aliphatic carbocycles. The van der Waals surface area contributed by atoms with Gasteiger partial charge in [-0.1, -0.05) is 37.6 Å². The molecule has 0 bridgehead atoms. The minimum Gasteiger partial charge on any atom is -0.396 e. The molecule has 4 rings (SSSR count). The number of fused-ring (bicyclic) bond motifs is 2. The van der Waals surface area contributed by atoms with Crippen molar-refractivity contribution >= 4 is 17.7 Å². The average Bonchev–Trinajstić information content (AvgIpc) is 3.03. The lowest BCUT2D eigenvalue weighted by atomic mass is 9.74. The van der Waals surface area contributed by atoms with Gasteiger partial charge in [-0.2, -0.15) is 0 Å². The zero-order chi connectivity index (χ0) is 24.0. The number of nitrogens with zero attached hydrogens (tertiary/aromatic N) is 3. The lowest BCUT2D eigenvalue weighted by Crippen LogP contribution is -2.57. The maximum Gasteiger partial charge on any atom is 0.249 e. The molecule has 0 aromatic rings. The van der Waals surface area contributed by atoms with Crippen LogP contribution in [0, 0.1) is 11.8 Å². The van der Waals surface area contributed by atoms with Crippen molar-refractivity contribution in [3.05, 3.63) is 24.3 Å². The number of likely N-dealkylation sites (N-methyl/N-ethyl adjacent to an activating group) is 1. The first-order valence-corrected chi connectivity index (χ1v) is 12.2. The van der Waals surface area contributed by atoms with Gasteiger partial charge in [-0.15, -0.1) is 0 Å². The predicted molar refractivity (Wildman–Crippen MR) is 123 cm³/mol. The molecule has 0 aromatic carbocycles. The highest BCUT2D eigenvalue weighted by molar-refractivity contribution is 6.00. The van der Waals surface area contributed by atoms with Crippen LogP contribution in [0.25, 0.3) is 0 Å². The number of rotatable bonds is 7. The number of hydrogen-bond acceptors (Lipinski definition) is 5. The molecule has 0 aromatic heterocycles. The summed E-state index contributed by atoms with van der Waals surface area (Å²) in [6.07, 6.45) is 10.6. The van der Waals surface area contributed by atoms with Crippen LogP contribution in [0.1, 0.15) is 46.5 Å². The lowest BCUT2D eigenvalue weighted by Gasteiger charge is -2.38. The van der Waals surface area contributed by atoms with E-state index in [4.69, 9.17) is 4.74 Å². The summed E-state index contributed by atoms with van der Waals surface area (Å²) in [6.45, 7) is 7.29. The van der Waals surface area contributed by atoms with Gasteiger partial charge in [0, 0.05) is 39.3 Å². The Morgan fingerprint density at radius 2 is 1.82 bits per heavy atom. The maximum atomic E-state index is 14.0. The lowest BCUT2D eigenvalue weighted by molar-refractivity contribution is -0.153. The van der Waals surface area contributed by atoms with Gasteiger partial charge in [0.15, 0.2) is 0 Å². The van der Waals surface area contributed by atoms with E-state index >= 15 is 0 Å². The molecule has 0 saturated carbocycles. The number of unbranched alkanes of at least 4 members (excludes halogenated alkanes) is 1. The van der Waals surface area contributed by atoms with E-state index in [2.05, 4.69) is 6.92 Å². The van der Waals surface area contributed by atoms with Crippen molar-refractivity contribution in [3.63, 3.8) is 0 Å². The summed E-state index contributed by atoms with van der Waals surface area (Å²) in [7, 11) is 1.74. The molecule has 3 amide bonds. The summed E-state index contributed by atoms with van der Waals surface area (Å²) in [5.41, 5.74) is -2.15. The third kappa shape index (κ3) is 3.62. The van der Waals surface area contributed by atoms with Crippen molar-refractivity contribution in [2.45, 2.75) is 69.7 Å². The smallest absolute Gasteiger partial charge is 0.249 e. The molecule has 4 heterocycles. The highest BCUT2D eigenvalue weighted by Crippen LogP contribution is 2.57. The van der Waals surface area contributed by atoms with Crippen LogP contribution < -0.4 is 0 Å². The fraction of sp³-hybridized carbons (Fsp3) is 0.720. The Labute approximate surface area is 196 Å². The normalized spacial score (nSPS) is 36.6. The molecule has 2 saturated heterocycles. The zero-order valence-electron chi connectivity index (χ0n) is 20.2. The van der Waals surface area contributed by atoms with Gasteiger partial charge in [0.05, 0.1) is 17.4 Å². The highest BCUT2D eigenvalue weighted by Gasteiger charge is 2.74. The summed E-state index contributed by atoms with van der Waals surface area (Å²) in [5, 5.41) is 9.28. The fourth-order valence-electron chi connectivity index (χ4n) is 6.26. The first-order chi connectivity index (χ1) is 15.7. The molecule has 6 atom stereocenters. The number of aliphatic hydroxyl groups is 1. The van der Waals surface area contributed by atoms with Crippen LogP contribution in [-0.4, -0.2) is 94.1 Å². The molecule has 33 heavy (non-hydrogen) atoms. The molecule has 182 valence electrons. The first-order valence-electron chi connectivity index (χ1n) is 12.2. The molecule has 2 fully saturated rings. The number of carbonyl (C=O) groups excluding carboxylic acids is 3. The summed E-state index contributed by atoms with van der Waals surface area (Å²) in [4.78, 5) is 46.6. The number of carbonyl (C=O) groups is 3. The topological polar surface area (TPSA) is 90.4 Å². The Kier molecular flexibility index (Phi) is 6.44. The van der Waals surface area contributed by atoms with Crippen molar-refractivity contribution in [1.82, 2.24) is 14.7 Å². The first kappa shape index (κ1) is 24.0. The van der Waals surface area contributed by atoms with E-state index < -0.39 is 29.1 Å². The standard InChI is InChI=1S/C25H37N3O5/c1-5-10-17(2)27-15-9-12-25-19(18-21(30)26(4)13-8-11-24(18,3)33-25)22(31)28(14-6-7-16-29)20(25)23(27)32/h8-9,11-12,17-20,29H,5-7,10,13-16H2,1-4H3/t17?,18-,19-,20?,24+,25-/m0/s1. The maximum absolute atomic E-state index is 14.0. The molecule has 1 spiro atoms. The summed E-state index contributed by atoms with van der Waals surface area (Å²) >= 11 is 0. The molecule has 4 aliphatic heterocycles. The Morgan fingerprint density at radius 1 is 1.09 bits per heavy atom. The molecular formula is C25H37N3O5. The van der Waals surface area contributed by atoms with Crippen LogP contribution >= 0.6 is 0 Å². The quantitative estimate of drug-likeness (QED) is 0.458. The molecule has 8 nitrogen and oxygen atoms in total. The van der Waals surface area contributed by atoms with Crippen molar-refractivity contribution in [2.75, 3.05) is 33.3 Å². The fourth-order valence-corrected chi connectivity index (χ4v) is 6.26. The van der Waals surface area contributed by atoms with Crippen molar-refractivity contribution in [1.29, 1.82) is 0 Å². The largest absolute Gasteiger partial charge is 0.396 e. The van der Waals surface area contributed by atoms with E-state index in [1.807, 2.05) is 43.1 Å². The zero-order valence-corrected chi connectivity index (χ0v) is 20.2. The number of amides is 3. The SMILES string of the molecule is CCCC(C)N1CC=C[C@]23O[C@]4(C)C=CCN(C)C(=O)[C@@H]4[C@H]2C(=O)N(CCCCO)C3C1=O. The summed E-state index contributed by atoms with van der Waals surface area (Å²) in [6, 6.07) is -0.784. The molecule has 2 unspecified atom stereocenters. The van der Waals surface area contributed by atoms with Crippen LogP contribution in [-0.2, 0) is 19.1 Å². The third-order valence-corrected chi connectivity index (χ3v) is 7.84. The van der Waals surface area contributed by atoms with E-state index in [1.165, 1.54) is 0 Å². The average molecular weight is 460 g/mol. The van der Waals surface area contributed by atoms with Crippen LogP contribution in [0.2, 0.25) is 0 Å². The van der Waals surface area contributed by atoms with E-state index in [9.17, 15) is 19.5 Å². The highest BCUT2D eigenvalue weighted by atomic mass is 16.5. The minimum absolute atomic E-state index is 0.0278. The second kappa shape index (κ2) is 8.87. The minimum atomic E-state index is -1.19. The van der Waals surface area contributed by atoms with Gasteiger partial charge in [-0.3, -0.25) is 14.4 Å². The Hall–Kier alpha value is -2.19. The van der Waals surface area contributed by atoms with Crippen LogP contribution in [0.3, 0.4) is 0 Å². The van der Waals surface area contributed by atoms with Gasteiger partial charge < -0.3 is 24.5 Å². The van der Waals surface area contributed by atoms with Crippen LogP contribution in [0.15, 0.2) is 24.3 Å². The molecule has 4 aliphatic rings. The van der Waals surface area contributed by atoms with Crippen molar-refractivity contribution < 1.29 is 24.2 Å². The van der Waals surface area contributed by atoms with Gasteiger partial charge in [0.1, 0.15) is 11.6 Å². The van der Waals surface area contributed by atoms with E-state index in [0.29, 0.717) is 32.5 Å². The van der Waals surface area contributed by atoms with Gasteiger partial charge in [0.25, 0.3) is 0 Å². The summed E-state index contributed by atoms with van der Waals surface area (Å²) in [5.74, 6) is -1.91. The van der Waals surface area contributed by atoms with E-state index in [-0.39, 0.29) is 30.4 Å². The molecule has 0 radical (unpaired) electrons. The van der Waals surface area contributed by atoms with E-state index in [0.717, 1.165) is 12.8 Å². The van der Waals surface area contributed by atoms with Crippen LogP contribution in [0.4, 0.5) is 0 Å². The Balaban J connectivity index is 1.81.